The lowest BCUT2D eigenvalue weighted by molar-refractivity contribution is 0.432. The number of hydrogen-bond donors (Lipinski definition) is 1. The molecule has 0 fully saturated rings. The number of para-hydroxylation sites is 1. The minimum absolute atomic E-state index is 0.416. The summed E-state index contributed by atoms with van der Waals surface area (Å²) in [4.78, 5) is 4.40. The van der Waals surface area contributed by atoms with E-state index in [4.69, 9.17) is 10.3 Å². The molecule has 100 valence electrons. The normalized spacial score (nSPS) is 10.7. The largest absolute Gasteiger partial charge is 0.397 e. The summed E-state index contributed by atoms with van der Waals surface area (Å²) in [7, 11) is 0. The van der Waals surface area contributed by atoms with E-state index in [1.807, 2.05) is 49.4 Å². The average Bonchev–Trinajstić information content (AvgIpc) is 2.92. The van der Waals surface area contributed by atoms with Gasteiger partial charge >= 0.3 is 0 Å². The van der Waals surface area contributed by atoms with Gasteiger partial charge in [0.15, 0.2) is 0 Å². The smallest absolute Gasteiger partial charge is 0.260 e. The van der Waals surface area contributed by atoms with Gasteiger partial charge in [-0.15, -0.1) is 0 Å². The van der Waals surface area contributed by atoms with Gasteiger partial charge < -0.3 is 10.3 Å². The Kier molecular flexibility index (Phi) is 3.28. The number of rotatable bonds is 2. The van der Waals surface area contributed by atoms with Crippen LogP contribution in [0, 0.1) is 6.92 Å². The first kappa shape index (κ1) is 12.9. The summed E-state index contributed by atoms with van der Waals surface area (Å²) in [5, 5.41) is 4.01. The molecule has 0 aliphatic rings. The van der Waals surface area contributed by atoms with Crippen molar-refractivity contribution in [2.75, 3.05) is 5.73 Å². The van der Waals surface area contributed by atoms with Crippen LogP contribution in [-0.2, 0) is 0 Å². The molecule has 0 saturated carbocycles. The lowest BCUT2D eigenvalue weighted by Gasteiger charge is -2.01. The first-order valence-electron chi connectivity index (χ1n) is 6.10. The molecule has 1 heterocycles. The van der Waals surface area contributed by atoms with Crippen LogP contribution in [0.4, 0.5) is 5.69 Å². The molecule has 2 N–H and O–H groups in total. The predicted octanol–water partition coefficient (Wildman–Crippen LogP) is 4.06. The van der Waals surface area contributed by atoms with Gasteiger partial charge in [0.05, 0.1) is 11.3 Å². The van der Waals surface area contributed by atoms with Crippen LogP contribution < -0.4 is 5.73 Å². The summed E-state index contributed by atoms with van der Waals surface area (Å²) in [6.45, 7) is 2.04. The Morgan fingerprint density at radius 2 is 1.85 bits per heavy atom. The number of aromatic nitrogens is 2. The Labute approximate surface area is 124 Å². The fourth-order valence-corrected chi connectivity index (χ4v) is 2.24. The van der Waals surface area contributed by atoms with Gasteiger partial charge in [-0.3, -0.25) is 0 Å². The van der Waals surface area contributed by atoms with Crippen molar-refractivity contribution in [3.63, 3.8) is 0 Å². The third-order valence-electron chi connectivity index (χ3n) is 3.02. The molecule has 3 aromatic rings. The van der Waals surface area contributed by atoms with Gasteiger partial charge in [0.1, 0.15) is 0 Å². The van der Waals surface area contributed by atoms with E-state index in [1.165, 1.54) is 5.56 Å². The molecule has 5 heteroatoms. The Bertz CT molecular complexity index is 750. The van der Waals surface area contributed by atoms with E-state index in [-0.39, 0.29) is 0 Å². The van der Waals surface area contributed by atoms with Crippen molar-refractivity contribution in [1.29, 1.82) is 0 Å². The summed E-state index contributed by atoms with van der Waals surface area (Å²) in [5.41, 5.74) is 9.43. The minimum atomic E-state index is 0.416. The molecule has 1 aromatic heterocycles. The number of anilines is 1. The van der Waals surface area contributed by atoms with Crippen molar-refractivity contribution in [1.82, 2.24) is 10.1 Å². The number of nitrogens with two attached hydrogens (primary N) is 1. The number of hydrogen-bond acceptors (Lipinski definition) is 4. The number of benzene rings is 2. The van der Waals surface area contributed by atoms with Crippen molar-refractivity contribution in [2.24, 2.45) is 0 Å². The summed E-state index contributed by atoms with van der Waals surface area (Å²) >= 11 is 3.39. The molecular weight excluding hydrogens is 318 g/mol. The average molecular weight is 330 g/mol. The molecule has 0 atom stereocenters. The lowest BCUT2D eigenvalue weighted by Crippen LogP contribution is -1.91. The van der Waals surface area contributed by atoms with Crippen LogP contribution in [0.3, 0.4) is 0 Å². The SMILES string of the molecule is Cc1ccc(-c2noc(-c3cccc(Br)c3N)n2)cc1. The maximum Gasteiger partial charge on any atom is 0.260 e. The molecule has 0 saturated heterocycles. The molecule has 0 aliphatic carbocycles. The van der Waals surface area contributed by atoms with Gasteiger partial charge in [-0.2, -0.15) is 4.98 Å². The Hall–Kier alpha value is -2.14. The van der Waals surface area contributed by atoms with Crippen molar-refractivity contribution in [3.8, 4) is 22.8 Å². The highest BCUT2D eigenvalue weighted by Crippen LogP contribution is 2.31. The van der Waals surface area contributed by atoms with Gasteiger partial charge in [0.2, 0.25) is 5.82 Å². The van der Waals surface area contributed by atoms with Crippen LogP contribution in [0.5, 0.6) is 0 Å². The lowest BCUT2D eigenvalue weighted by atomic mass is 10.1. The first-order chi connectivity index (χ1) is 9.65. The Morgan fingerprint density at radius 1 is 1.10 bits per heavy atom. The van der Waals surface area contributed by atoms with E-state index in [0.717, 1.165) is 15.6 Å². The molecule has 0 amide bonds. The summed E-state index contributed by atoms with van der Waals surface area (Å²) in [6, 6.07) is 13.6. The Morgan fingerprint density at radius 3 is 2.60 bits per heavy atom. The van der Waals surface area contributed by atoms with Crippen LogP contribution in [-0.4, -0.2) is 10.1 Å². The molecule has 0 bridgehead atoms. The zero-order valence-electron chi connectivity index (χ0n) is 10.8. The van der Waals surface area contributed by atoms with Gasteiger partial charge in [0.25, 0.3) is 5.89 Å². The Balaban J connectivity index is 2.02. The quantitative estimate of drug-likeness (QED) is 0.720. The summed E-state index contributed by atoms with van der Waals surface area (Å²) in [5.74, 6) is 0.971. The molecule has 0 spiro atoms. The topological polar surface area (TPSA) is 64.9 Å². The molecule has 0 radical (unpaired) electrons. The van der Waals surface area contributed by atoms with Crippen LogP contribution >= 0.6 is 15.9 Å². The minimum Gasteiger partial charge on any atom is -0.397 e. The molecule has 2 aromatic carbocycles. The highest BCUT2D eigenvalue weighted by atomic mass is 79.9. The van der Waals surface area contributed by atoms with E-state index >= 15 is 0 Å². The fraction of sp³-hybridized carbons (Fsp3) is 0.0667. The van der Waals surface area contributed by atoms with Crippen LogP contribution in [0.2, 0.25) is 0 Å². The summed E-state index contributed by atoms with van der Waals surface area (Å²) < 4.78 is 6.12. The van der Waals surface area contributed by atoms with E-state index in [9.17, 15) is 0 Å². The standard InChI is InChI=1S/C15H12BrN3O/c1-9-5-7-10(8-6-9)14-18-15(20-19-14)11-3-2-4-12(16)13(11)17/h2-8H,17H2,1H3. The molecule has 4 nitrogen and oxygen atoms in total. The van der Waals surface area contributed by atoms with Gasteiger partial charge in [-0.05, 0) is 35.0 Å². The second-order valence-electron chi connectivity index (χ2n) is 4.49. The monoisotopic (exact) mass is 329 g/mol. The second-order valence-corrected chi connectivity index (χ2v) is 5.34. The van der Waals surface area contributed by atoms with E-state index < -0.39 is 0 Å². The molecule has 0 unspecified atom stereocenters. The maximum atomic E-state index is 6.01. The highest BCUT2D eigenvalue weighted by Gasteiger charge is 2.14. The van der Waals surface area contributed by atoms with Crippen LogP contribution in [0.15, 0.2) is 51.5 Å². The van der Waals surface area contributed by atoms with Gasteiger partial charge in [-0.1, -0.05) is 41.1 Å². The molecule has 20 heavy (non-hydrogen) atoms. The number of aryl methyl sites for hydroxylation is 1. The van der Waals surface area contributed by atoms with Crippen molar-refractivity contribution in [2.45, 2.75) is 6.92 Å². The predicted molar refractivity (Wildman–Crippen MR) is 82.0 cm³/mol. The first-order valence-corrected chi connectivity index (χ1v) is 6.89. The molecule has 0 aliphatic heterocycles. The number of nitrogen functional groups attached to an aromatic ring is 1. The molecule has 3 rings (SSSR count). The molecular formula is C15H12BrN3O. The van der Waals surface area contributed by atoms with E-state index in [2.05, 4.69) is 26.1 Å². The fourth-order valence-electron chi connectivity index (χ4n) is 1.88. The zero-order chi connectivity index (χ0) is 14.1. The third kappa shape index (κ3) is 2.32. The zero-order valence-corrected chi connectivity index (χ0v) is 12.4. The van der Waals surface area contributed by atoms with Gasteiger partial charge in [-0.25, -0.2) is 0 Å². The van der Waals surface area contributed by atoms with Crippen LogP contribution in [0.1, 0.15) is 5.56 Å². The van der Waals surface area contributed by atoms with E-state index in [1.54, 1.807) is 0 Å². The third-order valence-corrected chi connectivity index (χ3v) is 3.71. The van der Waals surface area contributed by atoms with Crippen molar-refractivity contribution >= 4 is 21.6 Å². The number of nitrogens with zero attached hydrogens (tertiary/aromatic N) is 2. The van der Waals surface area contributed by atoms with Crippen LogP contribution in [0.25, 0.3) is 22.8 Å². The van der Waals surface area contributed by atoms with E-state index in [0.29, 0.717) is 17.4 Å². The van der Waals surface area contributed by atoms with Crippen molar-refractivity contribution in [3.05, 3.63) is 52.5 Å². The second kappa shape index (κ2) is 5.09. The maximum absolute atomic E-state index is 6.01. The summed E-state index contributed by atoms with van der Waals surface area (Å²) in [6.07, 6.45) is 0. The van der Waals surface area contributed by atoms with Gasteiger partial charge in [0, 0.05) is 10.0 Å². The van der Waals surface area contributed by atoms with Crippen molar-refractivity contribution < 1.29 is 4.52 Å². The number of halogens is 1. The highest BCUT2D eigenvalue weighted by molar-refractivity contribution is 9.10.